The molecule has 0 aliphatic rings. The van der Waals surface area contributed by atoms with E-state index in [1.165, 1.54) is 103 Å². The van der Waals surface area contributed by atoms with Gasteiger partial charge in [-0.15, -0.1) is 0 Å². The molecule has 0 saturated heterocycles. The second kappa shape index (κ2) is 53.2. The minimum Gasteiger partial charge on any atom is -0.462 e. The summed E-state index contributed by atoms with van der Waals surface area (Å²) in [6.45, 7) is 6.36. The first-order chi connectivity index (χ1) is 32.0. The van der Waals surface area contributed by atoms with Crippen LogP contribution < -0.4 is 0 Å². The van der Waals surface area contributed by atoms with Crippen LogP contribution in [0.25, 0.3) is 0 Å². The standard InChI is InChI=1S/C59H100O6/c1-4-7-10-13-16-19-22-25-27-29-30-31-33-34-37-40-43-46-49-52-58(61)64-55-56(54-63-57(60)51-48-45-42-39-36-24-21-18-15-12-9-6-3)65-59(62)53-50-47-44-41-38-35-32-28-26-23-20-17-14-11-8-5-2/h8-9,11-12,17-18,20-21,26,28,35-36,38-39,56H,4-7,10,13-16,19,22-25,27,29-34,37,40-55H2,1-3H3/b11-8-,12-9-,20-17-,21-18-,28-26-,38-35-,39-36-. The van der Waals surface area contributed by atoms with Gasteiger partial charge in [0.1, 0.15) is 13.2 Å². The second-order valence-corrected chi connectivity index (χ2v) is 17.7. The maximum absolute atomic E-state index is 12.8. The molecule has 65 heavy (non-hydrogen) atoms. The topological polar surface area (TPSA) is 78.9 Å². The predicted octanol–water partition coefficient (Wildman–Crippen LogP) is 18.0. The highest BCUT2D eigenvalue weighted by atomic mass is 16.6. The van der Waals surface area contributed by atoms with Crippen LogP contribution >= 0.6 is 0 Å². The fourth-order valence-corrected chi connectivity index (χ4v) is 7.39. The van der Waals surface area contributed by atoms with E-state index in [1.54, 1.807) is 0 Å². The molecule has 0 aliphatic carbocycles. The SMILES string of the molecule is CC/C=C\C/C=C\C/C=C\C/C=C\CCCCCC(=O)OC(COC(=O)CCCC/C=C\C/C=C\C/C=C\CC)COC(=O)CCCCCCCCCCCCCCCCCCCCC. The van der Waals surface area contributed by atoms with Crippen LogP contribution in [0.15, 0.2) is 85.1 Å². The molecule has 6 nitrogen and oxygen atoms in total. The van der Waals surface area contributed by atoms with Crippen LogP contribution in [0.5, 0.6) is 0 Å². The number of carbonyl (C=O) groups excluding carboxylic acids is 3. The van der Waals surface area contributed by atoms with Crippen molar-refractivity contribution in [3.05, 3.63) is 85.1 Å². The number of rotatable bonds is 48. The number of esters is 3. The Morgan fingerprint density at radius 1 is 0.323 bits per heavy atom. The van der Waals surface area contributed by atoms with Gasteiger partial charge in [0.15, 0.2) is 6.10 Å². The van der Waals surface area contributed by atoms with E-state index in [2.05, 4.69) is 106 Å². The molecule has 0 fully saturated rings. The van der Waals surface area contributed by atoms with Crippen molar-refractivity contribution in [3.8, 4) is 0 Å². The number of allylic oxidation sites excluding steroid dienone is 14. The molecule has 0 aromatic heterocycles. The van der Waals surface area contributed by atoms with E-state index in [0.29, 0.717) is 12.8 Å². The fraction of sp³-hybridized carbons (Fsp3) is 0.712. The van der Waals surface area contributed by atoms with E-state index >= 15 is 0 Å². The van der Waals surface area contributed by atoms with E-state index in [-0.39, 0.29) is 37.5 Å². The van der Waals surface area contributed by atoms with Crippen molar-refractivity contribution in [1.29, 1.82) is 0 Å². The van der Waals surface area contributed by atoms with Crippen molar-refractivity contribution in [3.63, 3.8) is 0 Å². The Balaban J connectivity index is 4.41. The highest BCUT2D eigenvalue weighted by molar-refractivity contribution is 5.71. The second-order valence-electron chi connectivity index (χ2n) is 17.7. The molecule has 0 aliphatic heterocycles. The maximum Gasteiger partial charge on any atom is 0.306 e. The van der Waals surface area contributed by atoms with Gasteiger partial charge in [0.05, 0.1) is 0 Å². The molecule has 0 rings (SSSR count). The normalized spacial score (nSPS) is 12.7. The Bertz CT molecular complexity index is 1270. The zero-order chi connectivity index (χ0) is 47.2. The van der Waals surface area contributed by atoms with Crippen LogP contribution in [0, 0.1) is 0 Å². The number of hydrogen-bond donors (Lipinski definition) is 0. The quantitative estimate of drug-likeness (QED) is 0.0262. The van der Waals surface area contributed by atoms with Gasteiger partial charge in [-0.25, -0.2) is 0 Å². The van der Waals surface area contributed by atoms with Crippen molar-refractivity contribution in [2.45, 2.75) is 258 Å². The lowest BCUT2D eigenvalue weighted by atomic mass is 10.0. The number of unbranched alkanes of at least 4 members (excludes halogenated alkanes) is 23. The van der Waals surface area contributed by atoms with E-state index < -0.39 is 6.10 Å². The molecule has 6 heteroatoms. The number of carbonyl (C=O) groups is 3. The minimum absolute atomic E-state index is 0.100. The van der Waals surface area contributed by atoms with Gasteiger partial charge in [0.25, 0.3) is 0 Å². The molecule has 0 amide bonds. The summed E-state index contributed by atoms with van der Waals surface area (Å²) in [7, 11) is 0. The molecule has 0 saturated carbocycles. The van der Waals surface area contributed by atoms with Crippen LogP contribution in [0.2, 0.25) is 0 Å². The van der Waals surface area contributed by atoms with Crippen LogP contribution in [-0.2, 0) is 28.6 Å². The van der Waals surface area contributed by atoms with Crippen molar-refractivity contribution >= 4 is 17.9 Å². The first-order valence-corrected chi connectivity index (χ1v) is 27.1. The Labute approximate surface area is 401 Å². The zero-order valence-corrected chi connectivity index (χ0v) is 42.5. The van der Waals surface area contributed by atoms with Gasteiger partial charge in [-0.05, 0) is 89.9 Å². The number of ether oxygens (including phenoxy) is 3. The third-order valence-corrected chi connectivity index (χ3v) is 11.4. The van der Waals surface area contributed by atoms with Gasteiger partial charge in [0.2, 0.25) is 0 Å². The molecular formula is C59H100O6. The van der Waals surface area contributed by atoms with Gasteiger partial charge in [-0.1, -0.05) is 228 Å². The van der Waals surface area contributed by atoms with Gasteiger partial charge < -0.3 is 14.2 Å². The van der Waals surface area contributed by atoms with Crippen molar-refractivity contribution < 1.29 is 28.6 Å². The maximum atomic E-state index is 12.8. The Kier molecular flexibility index (Phi) is 50.4. The largest absolute Gasteiger partial charge is 0.462 e. The van der Waals surface area contributed by atoms with E-state index in [4.69, 9.17) is 14.2 Å². The minimum atomic E-state index is -0.807. The third kappa shape index (κ3) is 51.4. The smallest absolute Gasteiger partial charge is 0.306 e. The lowest BCUT2D eigenvalue weighted by Crippen LogP contribution is -2.30. The highest BCUT2D eigenvalue weighted by Crippen LogP contribution is 2.16. The monoisotopic (exact) mass is 905 g/mol. The van der Waals surface area contributed by atoms with Gasteiger partial charge in [0, 0.05) is 19.3 Å². The third-order valence-electron chi connectivity index (χ3n) is 11.4. The van der Waals surface area contributed by atoms with E-state index in [0.717, 1.165) is 109 Å². The summed E-state index contributed by atoms with van der Waals surface area (Å²) < 4.78 is 16.8. The summed E-state index contributed by atoms with van der Waals surface area (Å²) in [6, 6.07) is 0. The zero-order valence-electron chi connectivity index (χ0n) is 42.5. The predicted molar refractivity (Wildman–Crippen MR) is 279 cm³/mol. The molecule has 0 bridgehead atoms. The van der Waals surface area contributed by atoms with E-state index in [1.807, 2.05) is 0 Å². The summed E-state index contributed by atoms with van der Waals surface area (Å²) in [4.78, 5) is 38.0. The highest BCUT2D eigenvalue weighted by Gasteiger charge is 2.19. The summed E-state index contributed by atoms with van der Waals surface area (Å²) in [6.07, 6.45) is 68.7. The van der Waals surface area contributed by atoms with Gasteiger partial charge in [-0.3, -0.25) is 14.4 Å². The Morgan fingerprint density at radius 3 is 0.969 bits per heavy atom. The average Bonchev–Trinajstić information content (AvgIpc) is 3.30. The van der Waals surface area contributed by atoms with Crippen LogP contribution in [0.4, 0.5) is 0 Å². The fourth-order valence-electron chi connectivity index (χ4n) is 7.39. The Morgan fingerprint density at radius 2 is 0.600 bits per heavy atom. The van der Waals surface area contributed by atoms with Crippen molar-refractivity contribution in [1.82, 2.24) is 0 Å². The number of hydrogen-bond acceptors (Lipinski definition) is 6. The molecule has 1 unspecified atom stereocenters. The van der Waals surface area contributed by atoms with Crippen molar-refractivity contribution in [2.24, 2.45) is 0 Å². The summed E-state index contributed by atoms with van der Waals surface area (Å²) >= 11 is 0. The van der Waals surface area contributed by atoms with Gasteiger partial charge in [-0.2, -0.15) is 0 Å². The lowest BCUT2D eigenvalue weighted by Gasteiger charge is -2.18. The van der Waals surface area contributed by atoms with E-state index in [9.17, 15) is 14.4 Å². The summed E-state index contributed by atoms with van der Waals surface area (Å²) in [5.74, 6) is -0.970. The molecule has 0 spiro atoms. The first kappa shape index (κ1) is 61.6. The molecular weight excluding hydrogens is 805 g/mol. The summed E-state index contributed by atoms with van der Waals surface area (Å²) in [5, 5.41) is 0. The molecule has 1 atom stereocenters. The summed E-state index contributed by atoms with van der Waals surface area (Å²) in [5.41, 5.74) is 0. The first-order valence-electron chi connectivity index (χ1n) is 27.1. The molecule has 372 valence electrons. The van der Waals surface area contributed by atoms with Crippen LogP contribution in [0.1, 0.15) is 252 Å². The van der Waals surface area contributed by atoms with Crippen LogP contribution in [0.3, 0.4) is 0 Å². The molecule has 0 aromatic carbocycles. The lowest BCUT2D eigenvalue weighted by molar-refractivity contribution is -0.167. The van der Waals surface area contributed by atoms with Gasteiger partial charge >= 0.3 is 17.9 Å². The molecule has 0 heterocycles. The molecule has 0 aromatic rings. The van der Waals surface area contributed by atoms with Crippen molar-refractivity contribution in [2.75, 3.05) is 13.2 Å². The molecule has 0 radical (unpaired) electrons. The van der Waals surface area contributed by atoms with Crippen LogP contribution in [-0.4, -0.2) is 37.2 Å². The molecule has 0 N–H and O–H groups in total. The average molecular weight is 905 g/mol. The Hall–Kier alpha value is -3.41.